The van der Waals surface area contributed by atoms with Crippen LogP contribution in [0.5, 0.6) is 0 Å². The van der Waals surface area contributed by atoms with E-state index in [1.165, 1.54) is 5.56 Å². The number of hydrogen-bond donors (Lipinski definition) is 0. The van der Waals surface area contributed by atoms with Crippen LogP contribution in [0.15, 0.2) is 47.5 Å². The minimum Gasteiger partial charge on any atom is -0.245 e. The van der Waals surface area contributed by atoms with Gasteiger partial charge in [-0.05, 0) is 24.6 Å². The van der Waals surface area contributed by atoms with Crippen LogP contribution in [0, 0.1) is 18.3 Å². The average Bonchev–Trinajstić information content (AvgIpc) is 2.38. The lowest BCUT2D eigenvalue weighted by atomic mass is 10.2. The molecule has 0 unspecified atom stereocenters. The first kappa shape index (κ1) is 11.7. The SMILES string of the molecule is Cc1nc(SCc2ccccc2)ccc1C#N. The third-order valence-corrected chi connectivity index (χ3v) is 3.41. The van der Waals surface area contributed by atoms with Gasteiger partial charge in [0.1, 0.15) is 6.07 Å². The summed E-state index contributed by atoms with van der Waals surface area (Å²) in [6.45, 7) is 1.87. The van der Waals surface area contributed by atoms with Crippen LogP contribution < -0.4 is 0 Å². The van der Waals surface area contributed by atoms with E-state index < -0.39 is 0 Å². The van der Waals surface area contributed by atoms with Crippen LogP contribution in [-0.4, -0.2) is 4.98 Å². The van der Waals surface area contributed by atoms with E-state index in [1.54, 1.807) is 11.8 Å². The summed E-state index contributed by atoms with van der Waals surface area (Å²) >= 11 is 1.69. The molecule has 84 valence electrons. The fraction of sp³-hybridized carbons (Fsp3) is 0.143. The van der Waals surface area contributed by atoms with Crippen molar-refractivity contribution in [2.24, 2.45) is 0 Å². The van der Waals surface area contributed by atoms with Gasteiger partial charge in [-0.3, -0.25) is 0 Å². The quantitative estimate of drug-likeness (QED) is 0.770. The Kier molecular flexibility index (Phi) is 3.79. The summed E-state index contributed by atoms with van der Waals surface area (Å²) in [4.78, 5) is 4.40. The zero-order valence-electron chi connectivity index (χ0n) is 9.55. The third-order valence-electron chi connectivity index (χ3n) is 2.41. The number of thioether (sulfide) groups is 1. The molecular formula is C14H12N2S. The Labute approximate surface area is 105 Å². The Morgan fingerprint density at radius 3 is 2.59 bits per heavy atom. The van der Waals surface area contributed by atoms with Crippen molar-refractivity contribution in [1.29, 1.82) is 5.26 Å². The molecule has 2 aromatic rings. The molecule has 0 atom stereocenters. The van der Waals surface area contributed by atoms with Gasteiger partial charge in [0, 0.05) is 5.75 Å². The Hall–Kier alpha value is -1.79. The molecule has 0 aliphatic carbocycles. The van der Waals surface area contributed by atoms with Crippen molar-refractivity contribution in [3.63, 3.8) is 0 Å². The molecule has 0 radical (unpaired) electrons. The molecule has 0 amide bonds. The summed E-state index contributed by atoms with van der Waals surface area (Å²) in [5.41, 5.74) is 2.72. The maximum Gasteiger partial charge on any atom is 0.101 e. The summed E-state index contributed by atoms with van der Waals surface area (Å²) in [5.74, 6) is 0.902. The summed E-state index contributed by atoms with van der Waals surface area (Å²) in [7, 11) is 0. The first-order chi connectivity index (χ1) is 8.29. The molecule has 1 heterocycles. The van der Waals surface area contributed by atoms with Crippen LogP contribution in [0.3, 0.4) is 0 Å². The lowest BCUT2D eigenvalue weighted by Crippen LogP contribution is -1.90. The van der Waals surface area contributed by atoms with E-state index in [-0.39, 0.29) is 0 Å². The molecule has 2 rings (SSSR count). The van der Waals surface area contributed by atoms with E-state index >= 15 is 0 Å². The minimum atomic E-state index is 0.647. The number of benzene rings is 1. The van der Waals surface area contributed by atoms with Crippen molar-refractivity contribution in [2.75, 3.05) is 0 Å². The molecule has 17 heavy (non-hydrogen) atoms. The second-order valence-corrected chi connectivity index (χ2v) is 4.66. The van der Waals surface area contributed by atoms with Crippen LogP contribution in [0.2, 0.25) is 0 Å². The van der Waals surface area contributed by atoms with Gasteiger partial charge in [0.25, 0.3) is 0 Å². The predicted octanol–water partition coefficient (Wildman–Crippen LogP) is 3.55. The highest BCUT2D eigenvalue weighted by molar-refractivity contribution is 7.98. The highest BCUT2D eigenvalue weighted by Gasteiger charge is 2.01. The zero-order chi connectivity index (χ0) is 12.1. The second-order valence-electron chi connectivity index (χ2n) is 3.67. The third kappa shape index (κ3) is 3.08. The molecule has 2 nitrogen and oxygen atoms in total. The van der Waals surface area contributed by atoms with Gasteiger partial charge in [0.15, 0.2) is 0 Å². The topological polar surface area (TPSA) is 36.7 Å². The summed E-state index contributed by atoms with van der Waals surface area (Å²) in [6.07, 6.45) is 0. The van der Waals surface area contributed by atoms with Crippen LogP contribution in [0.1, 0.15) is 16.8 Å². The number of aromatic nitrogens is 1. The molecule has 0 N–H and O–H groups in total. The second kappa shape index (κ2) is 5.51. The molecule has 0 spiro atoms. The Bertz CT molecular complexity index is 544. The van der Waals surface area contributed by atoms with Crippen LogP contribution >= 0.6 is 11.8 Å². The number of nitrogens with zero attached hydrogens (tertiary/aromatic N) is 2. The molecule has 0 aliphatic rings. The van der Waals surface area contributed by atoms with Gasteiger partial charge in [-0.15, -0.1) is 11.8 Å². The van der Waals surface area contributed by atoms with Crippen molar-refractivity contribution in [1.82, 2.24) is 4.98 Å². The lowest BCUT2D eigenvalue weighted by Gasteiger charge is -2.03. The highest BCUT2D eigenvalue weighted by atomic mass is 32.2. The van der Waals surface area contributed by atoms with Gasteiger partial charge in [0.2, 0.25) is 0 Å². The van der Waals surface area contributed by atoms with Gasteiger partial charge < -0.3 is 0 Å². The van der Waals surface area contributed by atoms with Gasteiger partial charge >= 0.3 is 0 Å². The van der Waals surface area contributed by atoms with Gasteiger partial charge in [-0.25, -0.2) is 4.98 Å². The molecule has 0 fully saturated rings. The largest absolute Gasteiger partial charge is 0.245 e. The van der Waals surface area contributed by atoms with E-state index in [0.717, 1.165) is 16.5 Å². The van der Waals surface area contributed by atoms with Crippen molar-refractivity contribution in [3.05, 3.63) is 59.3 Å². The number of nitriles is 1. The fourth-order valence-corrected chi connectivity index (χ4v) is 2.34. The number of hydrogen-bond acceptors (Lipinski definition) is 3. The van der Waals surface area contributed by atoms with Crippen LogP contribution in [0.4, 0.5) is 0 Å². The lowest BCUT2D eigenvalue weighted by molar-refractivity contribution is 1.05. The molecule has 1 aromatic heterocycles. The molecule has 0 saturated heterocycles. The smallest absolute Gasteiger partial charge is 0.101 e. The fourth-order valence-electron chi connectivity index (χ4n) is 1.47. The molecule has 0 bridgehead atoms. The van der Waals surface area contributed by atoms with E-state index in [2.05, 4.69) is 23.2 Å². The van der Waals surface area contributed by atoms with Gasteiger partial charge in [-0.2, -0.15) is 5.26 Å². The van der Waals surface area contributed by atoms with Crippen molar-refractivity contribution in [2.45, 2.75) is 17.7 Å². The maximum atomic E-state index is 8.82. The normalized spacial score (nSPS) is 9.88. The van der Waals surface area contributed by atoms with Crippen molar-refractivity contribution >= 4 is 11.8 Å². The standard InChI is InChI=1S/C14H12N2S/c1-11-13(9-15)7-8-14(16-11)17-10-12-5-3-2-4-6-12/h2-8H,10H2,1H3. The van der Waals surface area contributed by atoms with Gasteiger partial charge in [-0.1, -0.05) is 30.3 Å². The van der Waals surface area contributed by atoms with E-state index in [1.807, 2.05) is 37.3 Å². The predicted molar refractivity (Wildman–Crippen MR) is 69.7 cm³/mol. The summed E-state index contributed by atoms with van der Waals surface area (Å²) in [6, 6.07) is 16.1. The monoisotopic (exact) mass is 240 g/mol. The first-order valence-corrected chi connectivity index (χ1v) is 6.32. The maximum absolute atomic E-state index is 8.82. The first-order valence-electron chi connectivity index (χ1n) is 5.34. The summed E-state index contributed by atoms with van der Waals surface area (Å²) in [5, 5.41) is 9.78. The van der Waals surface area contributed by atoms with E-state index in [0.29, 0.717) is 5.56 Å². The van der Waals surface area contributed by atoms with Crippen molar-refractivity contribution < 1.29 is 0 Å². The minimum absolute atomic E-state index is 0.647. The highest BCUT2D eigenvalue weighted by Crippen LogP contribution is 2.21. The molecule has 0 saturated carbocycles. The zero-order valence-corrected chi connectivity index (χ0v) is 10.4. The van der Waals surface area contributed by atoms with Crippen LogP contribution in [0.25, 0.3) is 0 Å². The molecular weight excluding hydrogens is 228 g/mol. The molecule has 1 aromatic carbocycles. The number of aryl methyl sites for hydroxylation is 1. The Morgan fingerprint density at radius 2 is 1.94 bits per heavy atom. The molecule has 3 heteroatoms. The van der Waals surface area contributed by atoms with E-state index in [9.17, 15) is 0 Å². The van der Waals surface area contributed by atoms with Crippen LogP contribution in [-0.2, 0) is 5.75 Å². The summed E-state index contributed by atoms with van der Waals surface area (Å²) < 4.78 is 0. The number of rotatable bonds is 3. The van der Waals surface area contributed by atoms with E-state index in [4.69, 9.17) is 5.26 Å². The Morgan fingerprint density at radius 1 is 1.18 bits per heavy atom. The Balaban J connectivity index is 2.06. The average molecular weight is 240 g/mol. The van der Waals surface area contributed by atoms with Crippen molar-refractivity contribution in [3.8, 4) is 6.07 Å². The number of pyridine rings is 1. The van der Waals surface area contributed by atoms with Gasteiger partial charge in [0.05, 0.1) is 16.3 Å². The molecule has 0 aliphatic heterocycles.